The number of nitrogens with two attached hydrogens (primary N) is 1. The fraction of sp³-hybridized carbons (Fsp3) is 0.571. The van der Waals surface area contributed by atoms with Crippen LogP contribution in [-0.4, -0.2) is 26.3 Å². The van der Waals surface area contributed by atoms with E-state index in [0.717, 1.165) is 31.6 Å². The lowest BCUT2D eigenvalue weighted by molar-refractivity contribution is 0.0819. The molecule has 0 unspecified atom stereocenters. The summed E-state index contributed by atoms with van der Waals surface area (Å²) in [6.45, 7) is 3.60. The minimum Gasteiger partial charge on any atom is -0.381 e. The van der Waals surface area contributed by atoms with Crippen LogP contribution in [0.3, 0.4) is 0 Å². The Balaban J connectivity index is 2.21. The zero-order valence-corrected chi connectivity index (χ0v) is 11.0. The number of halogens is 1. The lowest BCUT2D eigenvalue weighted by atomic mass is 10.0. The van der Waals surface area contributed by atoms with Crippen LogP contribution in [-0.2, 0) is 4.74 Å². The second-order valence-corrected chi connectivity index (χ2v) is 4.88. The third-order valence-corrected chi connectivity index (χ3v) is 3.60. The Kier molecular flexibility index (Phi) is 4.19. The van der Waals surface area contributed by atoms with Crippen molar-refractivity contribution in [1.82, 2.24) is 0 Å². The molecule has 1 aromatic rings. The minimum atomic E-state index is -0.290. The van der Waals surface area contributed by atoms with Crippen molar-refractivity contribution in [1.29, 1.82) is 0 Å². The number of hydrogen-bond acceptors (Lipinski definition) is 3. The quantitative estimate of drug-likeness (QED) is 0.898. The van der Waals surface area contributed by atoms with Gasteiger partial charge in [-0.25, -0.2) is 4.39 Å². The normalized spacial score (nSPS) is 19.0. The molecule has 0 spiro atoms. The first-order chi connectivity index (χ1) is 8.63. The average molecular weight is 252 g/mol. The summed E-state index contributed by atoms with van der Waals surface area (Å²) in [5.74, 6) is -0.212. The molecule has 1 fully saturated rings. The van der Waals surface area contributed by atoms with Gasteiger partial charge in [0.1, 0.15) is 5.82 Å². The van der Waals surface area contributed by atoms with Gasteiger partial charge >= 0.3 is 0 Å². The second-order valence-electron chi connectivity index (χ2n) is 4.88. The summed E-state index contributed by atoms with van der Waals surface area (Å²) < 4.78 is 19.2. The summed E-state index contributed by atoms with van der Waals surface area (Å²) >= 11 is 0. The number of piperidine rings is 1. The highest BCUT2D eigenvalue weighted by atomic mass is 19.1. The number of methoxy groups -OCH3 is 1. The van der Waals surface area contributed by atoms with Gasteiger partial charge in [-0.15, -0.1) is 0 Å². The molecule has 18 heavy (non-hydrogen) atoms. The molecule has 1 aromatic carbocycles. The van der Waals surface area contributed by atoms with Gasteiger partial charge < -0.3 is 15.4 Å². The van der Waals surface area contributed by atoms with Gasteiger partial charge in [-0.1, -0.05) is 6.07 Å². The van der Waals surface area contributed by atoms with E-state index in [1.807, 2.05) is 13.0 Å². The van der Waals surface area contributed by atoms with Crippen LogP contribution in [0.1, 0.15) is 31.4 Å². The monoisotopic (exact) mass is 252 g/mol. The smallest absolute Gasteiger partial charge is 0.130 e. The molecule has 0 radical (unpaired) electrons. The van der Waals surface area contributed by atoms with Crippen LogP contribution < -0.4 is 10.6 Å². The van der Waals surface area contributed by atoms with Crippen molar-refractivity contribution in [2.75, 3.05) is 25.1 Å². The molecule has 0 bridgehead atoms. The number of ether oxygens (including phenoxy) is 1. The summed E-state index contributed by atoms with van der Waals surface area (Å²) in [6.07, 6.45) is 2.28. The van der Waals surface area contributed by atoms with Crippen LogP contribution in [0.5, 0.6) is 0 Å². The molecule has 1 atom stereocenters. The fourth-order valence-electron chi connectivity index (χ4n) is 2.58. The molecule has 1 heterocycles. The van der Waals surface area contributed by atoms with Crippen LogP contribution in [0.15, 0.2) is 18.2 Å². The van der Waals surface area contributed by atoms with E-state index in [4.69, 9.17) is 10.5 Å². The summed E-state index contributed by atoms with van der Waals surface area (Å²) in [5, 5.41) is 0. The van der Waals surface area contributed by atoms with Crippen molar-refractivity contribution < 1.29 is 9.13 Å². The molecule has 4 heteroatoms. The van der Waals surface area contributed by atoms with E-state index in [9.17, 15) is 4.39 Å². The highest BCUT2D eigenvalue weighted by molar-refractivity contribution is 5.55. The molecule has 0 aromatic heterocycles. The molecule has 100 valence electrons. The van der Waals surface area contributed by atoms with Gasteiger partial charge in [0.2, 0.25) is 0 Å². The Morgan fingerprint density at radius 2 is 2.06 bits per heavy atom. The van der Waals surface area contributed by atoms with E-state index < -0.39 is 0 Å². The van der Waals surface area contributed by atoms with E-state index in [1.165, 1.54) is 6.07 Å². The maximum atomic E-state index is 13.9. The van der Waals surface area contributed by atoms with Gasteiger partial charge in [-0.2, -0.15) is 0 Å². The van der Waals surface area contributed by atoms with Crippen molar-refractivity contribution in [3.63, 3.8) is 0 Å². The van der Waals surface area contributed by atoms with Crippen molar-refractivity contribution in [3.8, 4) is 0 Å². The predicted octanol–water partition coefficient (Wildman–Crippen LogP) is 2.46. The molecule has 3 nitrogen and oxygen atoms in total. The second kappa shape index (κ2) is 5.67. The first-order valence-electron chi connectivity index (χ1n) is 6.45. The van der Waals surface area contributed by atoms with E-state index in [2.05, 4.69) is 4.90 Å². The Bertz CT molecular complexity index is 401. The fourth-order valence-corrected chi connectivity index (χ4v) is 2.58. The van der Waals surface area contributed by atoms with Crippen molar-refractivity contribution in [2.24, 2.45) is 5.73 Å². The molecule has 0 amide bonds. The third-order valence-electron chi connectivity index (χ3n) is 3.60. The van der Waals surface area contributed by atoms with Crippen molar-refractivity contribution in [3.05, 3.63) is 29.6 Å². The lowest BCUT2D eigenvalue weighted by Crippen LogP contribution is -2.37. The predicted molar refractivity (Wildman–Crippen MR) is 71.2 cm³/mol. The highest BCUT2D eigenvalue weighted by Gasteiger charge is 2.22. The van der Waals surface area contributed by atoms with Gasteiger partial charge in [0.05, 0.1) is 6.10 Å². The Morgan fingerprint density at radius 1 is 1.39 bits per heavy atom. The molecule has 1 aliphatic heterocycles. The summed E-state index contributed by atoms with van der Waals surface area (Å²) in [6, 6.07) is 4.89. The largest absolute Gasteiger partial charge is 0.381 e. The van der Waals surface area contributed by atoms with Crippen LogP contribution in [0, 0.1) is 5.82 Å². The molecule has 2 rings (SSSR count). The molecule has 0 saturated carbocycles. The number of nitrogens with zero attached hydrogens (tertiary/aromatic N) is 1. The van der Waals surface area contributed by atoms with Crippen molar-refractivity contribution >= 4 is 5.69 Å². The number of anilines is 1. The SMILES string of the molecule is COC1CCN(c2cccc(F)c2[C@H](C)N)CC1. The third kappa shape index (κ3) is 2.65. The topological polar surface area (TPSA) is 38.5 Å². The van der Waals surface area contributed by atoms with Gasteiger partial charge in [0.25, 0.3) is 0 Å². The van der Waals surface area contributed by atoms with E-state index in [0.29, 0.717) is 11.7 Å². The first kappa shape index (κ1) is 13.3. The highest BCUT2D eigenvalue weighted by Crippen LogP contribution is 2.30. The minimum absolute atomic E-state index is 0.212. The van der Waals surface area contributed by atoms with E-state index in [1.54, 1.807) is 13.2 Å². The van der Waals surface area contributed by atoms with Crippen LogP contribution >= 0.6 is 0 Å². The van der Waals surface area contributed by atoms with Gasteiger partial charge in [0.15, 0.2) is 0 Å². The van der Waals surface area contributed by atoms with Crippen LogP contribution in [0.25, 0.3) is 0 Å². The molecular weight excluding hydrogens is 231 g/mol. The number of rotatable bonds is 3. The standard InChI is InChI=1S/C14H21FN2O/c1-10(16)14-12(15)4-3-5-13(14)17-8-6-11(18-2)7-9-17/h3-5,10-11H,6-9,16H2,1-2H3/t10-/m0/s1. The molecule has 0 aliphatic carbocycles. The molecule has 2 N–H and O–H groups in total. The Hall–Kier alpha value is -1.13. The number of benzene rings is 1. The van der Waals surface area contributed by atoms with Gasteiger partial charge in [-0.3, -0.25) is 0 Å². The summed E-state index contributed by atoms with van der Waals surface area (Å²) in [4.78, 5) is 2.21. The maximum Gasteiger partial charge on any atom is 0.130 e. The Morgan fingerprint density at radius 3 is 2.61 bits per heavy atom. The Labute approximate surface area is 108 Å². The zero-order chi connectivity index (χ0) is 13.1. The molecule has 1 saturated heterocycles. The molecule has 1 aliphatic rings. The zero-order valence-electron chi connectivity index (χ0n) is 11.0. The maximum absolute atomic E-state index is 13.9. The van der Waals surface area contributed by atoms with Crippen LogP contribution in [0.4, 0.5) is 10.1 Å². The average Bonchev–Trinajstić information content (AvgIpc) is 2.38. The summed E-state index contributed by atoms with van der Waals surface area (Å²) in [5.41, 5.74) is 7.43. The van der Waals surface area contributed by atoms with Gasteiger partial charge in [0, 0.05) is 37.5 Å². The lowest BCUT2D eigenvalue weighted by Gasteiger charge is -2.34. The molecular formula is C14H21FN2O. The van der Waals surface area contributed by atoms with Crippen LogP contribution in [0.2, 0.25) is 0 Å². The number of hydrogen-bond donors (Lipinski definition) is 1. The summed E-state index contributed by atoms with van der Waals surface area (Å²) in [7, 11) is 1.75. The first-order valence-corrected chi connectivity index (χ1v) is 6.45. The van der Waals surface area contributed by atoms with Crippen molar-refractivity contribution in [2.45, 2.75) is 31.9 Å². The van der Waals surface area contributed by atoms with E-state index in [-0.39, 0.29) is 11.9 Å². The van der Waals surface area contributed by atoms with Gasteiger partial charge in [-0.05, 0) is 31.9 Å². The van der Waals surface area contributed by atoms with E-state index >= 15 is 0 Å².